The molecular weight excluding hydrogens is 288 g/mol. The molecule has 0 aliphatic carbocycles. The zero-order valence-electron chi connectivity index (χ0n) is 17.1. The lowest BCUT2D eigenvalue weighted by Crippen LogP contribution is -2.12. The van der Waals surface area contributed by atoms with Crippen molar-refractivity contribution >= 4 is 0 Å². The molecule has 0 N–H and O–H groups in total. The summed E-state index contributed by atoms with van der Waals surface area (Å²) in [5.41, 5.74) is 14.9. The van der Waals surface area contributed by atoms with Gasteiger partial charge in [-0.15, -0.1) is 0 Å². The van der Waals surface area contributed by atoms with Crippen LogP contribution in [0, 0.1) is 48.5 Å². The Morgan fingerprint density at radius 1 is 0.708 bits per heavy atom. The topological polar surface area (TPSA) is 0 Å². The van der Waals surface area contributed by atoms with Crippen LogP contribution >= 0.6 is 0 Å². The molecule has 24 heavy (non-hydrogen) atoms. The molecule has 2 aromatic carbocycles. The average molecular weight is 323 g/mol. The second-order valence-electron chi connectivity index (χ2n) is 7.50. The smallest absolute Gasteiger partial charge is 0.00950 e. The summed E-state index contributed by atoms with van der Waals surface area (Å²) in [4.78, 5) is 0. The highest BCUT2D eigenvalue weighted by Crippen LogP contribution is 2.39. The Labute approximate surface area is 149 Å². The maximum Gasteiger partial charge on any atom is 0.00950 e. The lowest BCUT2D eigenvalue weighted by Gasteiger charge is -2.28. The van der Waals surface area contributed by atoms with Gasteiger partial charge in [-0.2, -0.15) is 0 Å². The Morgan fingerprint density at radius 3 is 1.67 bits per heavy atom. The third-order valence-corrected chi connectivity index (χ3v) is 6.20. The van der Waals surface area contributed by atoms with E-state index in [1.54, 1.807) is 16.7 Å². The van der Waals surface area contributed by atoms with E-state index >= 15 is 0 Å². The Kier molecular flexibility index (Phi) is 5.58. The number of aryl methyl sites for hydroxylation is 2. The zero-order chi connectivity index (χ0) is 18.2. The molecule has 0 aromatic heterocycles. The molecule has 0 nitrogen and oxygen atoms in total. The highest BCUT2D eigenvalue weighted by molar-refractivity contribution is 5.55. The number of hydrogen-bond acceptors (Lipinski definition) is 0. The highest BCUT2D eigenvalue weighted by Gasteiger charge is 2.23. The van der Waals surface area contributed by atoms with Gasteiger partial charge < -0.3 is 0 Å². The van der Waals surface area contributed by atoms with Gasteiger partial charge in [0.25, 0.3) is 0 Å². The fourth-order valence-corrected chi connectivity index (χ4v) is 4.46. The molecule has 0 bridgehead atoms. The Balaban J connectivity index is 2.81. The number of rotatable bonds is 4. The summed E-state index contributed by atoms with van der Waals surface area (Å²) in [7, 11) is 0. The molecule has 0 aliphatic rings. The number of hydrogen-bond donors (Lipinski definition) is 0. The van der Waals surface area contributed by atoms with Crippen LogP contribution in [0.3, 0.4) is 0 Å². The van der Waals surface area contributed by atoms with Crippen LogP contribution in [0.5, 0.6) is 0 Å². The van der Waals surface area contributed by atoms with Gasteiger partial charge in [0.1, 0.15) is 0 Å². The summed E-state index contributed by atoms with van der Waals surface area (Å²) in [6.45, 7) is 20.6. The number of benzene rings is 2. The van der Waals surface area contributed by atoms with Gasteiger partial charge in [0, 0.05) is 5.92 Å². The zero-order valence-corrected chi connectivity index (χ0v) is 17.1. The molecule has 0 heteroatoms. The largest absolute Gasteiger partial charge is 0.0645 e. The Hall–Kier alpha value is -1.56. The summed E-state index contributed by atoms with van der Waals surface area (Å²) < 4.78 is 0. The van der Waals surface area contributed by atoms with Crippen LogP contribution in [-0.4, -0.2) is 0 Å². The van der Waals surface area contributed by atoms with Crippen LogP contribution < -0.4 is 0 Å². The van der Waals surface area contributed by atoms with E-state index in [1.165, 1.54) is 38.9 Å². The van der Waals surface area contributed by atoms with Gasteiger partial charge in [-0.25, -0.2) is 0 Å². The van der Waals surface area contributed by atoms with Crippen molar-refractivity contribution in [2.75, 3.05) is 0 Å². The monoisotopic (exact) mass is 322 g/mol. The van der Waals surface area contributed by atoms with Crippen molar-refractivity contribution in [3.05, 3.63) is 67.8 Å². The van der Waals surface area contributed by atoms with E-state index in [0.717, 1.165) is 12.8 Å². The standard InChI is InChI=1S/C24H34/c1-10-21-15(4)12-14(3)13-23(21)22(11-2)24-19(8)17(6)16(5)18(7)20(24)9/h12-13,22H,10-11H2,1-9H3. The van der Waals surface area contributed by atoms with Crippen LogP contribution in [-0.2, 0) is 6.42 Å². The fourth-order valence-electron chi connectivity index (χ4n) is 4.46. The van der Waals surface area contributed by atoms with Gasteiger partial charge in [0.05, 0.1) is 0 Å². The summed E-state index contributed by atoms with van der Waals surface area (Å²) in [6, 6.07) is 4.77. The summed E-state index contributed by atoms with van der Waals surface area (Å²) in [5, 5.41) is 0. The lowest BCUT2D eigenvalue weighted by molar-refractivity contribution is 0.747. The predicted octanol–water partition coefficient (Wildman–Crippen LogP) is 6.95. The molecule has 0 spiro atoms. The second kappa shape index (κ2) is 7.13. The van der Waals surface area contributed by atoms with E-state index < -0.39 is 0 Å². The molecule has 0 fully saturated rings. The van der Waals surface area contributed by atoms with Crippen molar-refractivity contribution in [2.45, 2.75) is 81.1 Å². The van der Waals surface area contributed by atoms with E-state index in [2.05, 4.69) is 74.4 Å². The lowest BCUT2D eigenvalue weighted by atomic mass is 9.77. The first-order valence-corrected chi connectivity index (χ1v) is 9.41. The Bertz CT molecular complexity index is 733. The van der Waals surface area contributed by atoms with Gasteiger partial charge in [-0.05, 0) is 111 Å². The molecule has 0 aliphatic heterocycles. The first-order valence-electron chi connectivity index (χ1n) is 9.41. The van der Waals surface area contributed by atoms with Crippen LogP contribution in [0.4, 0.5) is 0 Å². The maximum atomic E-state index is 2.43. The van der Waals surface area contributed by atoms with Crippen molar-refractivity contribution < 1.29 is 0 Å². The third-order valence-electron chi connectivity index (χ3n) is 6.20. The van der Waals surface area contributed by atoms with Crippen molar-refractivity contribution in [3.63, 3.8) is 0 Å². The minimum absolute atomic E-state index is 0.497. The van der Waals surface area contributed by atoms with E-state index in [4.69, 9.17) is 0 Å². The fraction of sp³-hybridized carbons (Fsp3) is 0.500. The van der Waals surface area contributed by atoms with Crippen LogP contribution in [0.15, 0.2) is 12.1 Å². The van der Waals surface area contributed by atoms with E-state index in [-0.39, 0.29) is 0 Å². The minimum Gasteiger partial charge on any atom is -0.0645 e. The normalized spacial score (nSPS) is 12.5. The van der Waals surface area contributed by atoms with Crippen LogP contribution in [0.25, 0.3) is 0 Å². The van der Waals surface area contributed by atoms with E-state index in [0.29, 0.717) is 5.92 Å². The molecule has 1 unspecified atom stereocenters. The summed E-state index contributed by atoms with van der Waals surface area (Å²) >= 11 is 0. The Morgan fingerprint density at radius 2 is 1.21 bits per heavy atom. The van der Waals surface area contributed by atoms with Crippen molar-refractivity contribution in [1.82, 2.24) is 0 Å². The molecular formula is C24H34. The maximum absolute atomic E-state index is 2.43. The van der Waals surface area contributed by atoms with Crippen molar-refractivity contribution in [1.29, 1.82) is 0 Å². The molecule has 2 rings (SSSR count). The minimum atomic E-state index is 0.497. The van der Waals surface area contributed by atoms with Crippen molar-refractivity contribution in [2.24, 2.45) is 0 Å². The first-order chi connectivity index (χ1) is 11.2. The SMILES string of the molecule is CCc1c(C)cc(C)cc1C(CC)c1c(C)c(C)c(C)c(C)c1C. The van der Waals surface area contributed by atoms with Crippen LogP contribution in [0.2, 0.25) is 0 Å². The molecule has 0 saturated carbocycles. The van der Waals surface area contributed by atoms with Crippen molar-refractivity contribution in [3.8, 4) is 0 Å². The molecule has 1 atom stereocenters. The predicted molar refractivity (Wildman–Crippen MR) is 108 cm³/mol. The molecule has 0 saturated heterocycles. The van der Waals surface area contributed by atoms with E-state index in [1.807, 2.05) is 0 Å². The summed E-state index contributed by atoms with van der Waals surface area (Å²) in [5.74, 6) is 0.497. The molecule has 0 heterocycles. The molecule has 0 amide bonds. The van der Waals surface area contributed by atoms with Gasteiger partial charge >= 0.3 is 0 Å². The molecule has 0 radical (unpaired) electrons. The van der Waals surface area contributed by atoms with Crippen LogP contribution in [0.1, 0.15) is 81.8 Å². The van der Waals surface area contributed by atoms with Gasteiger partial charge in [-0.3, -0.25) is 0 Å². The van der Waals surface area contributed by atoms with Gasteiger partial charge in [0.2, 0.25) is 0 Å². The van der Waals surface area contributed by atoms with E-state index in [9.17, 15) is 0 Å². The first kappa shape index (κ1) is 18.8. The molecule has 130 valence electrons. The summed E-state index contributed by atoms with van der Waals surface area (Å²) in [6.07, 6.45) is 2.26. The molecule has 2 aromatic rings. The second-order valence-corrected chi connectivity index (χ2v) is 7.50. The van der Waals surface area contributed by atoms with Gasteiger partial charge in [0.15, 0.2) is 0 Å². The average Bonchev–Trinajstić information content (AvgIpc) is 2.54. The quantitative estimate of drug-likeness (QED) is 0.571. The third kappa shape index (κ3) is 3.04. The van der Waals surface area contributed by atoms with Gasteiger partial charge in [-0.1, -0.05) is 31.5 Å². The highest BCUT2D eigenvalue weighted by atomic mass is 14.3.